The summed E-state index contributed by atoms with van der Waals surface area (Å²) in [6.07, 6.45) is 1.85. The Morgan fingerprint density at radius 1 is 1.12 bits per heavy atom. The molecule has 2 N–H and O–H groups in total. The zero-order valence-corrected chi connectivity index (χ0v) is 23.6. The van der Waals surface area contributed by atoms with Crippen LogP contribution in [0.3, 0.4) is 0 Å². The Morgan fingerprint density at radius 2 is 1.82 bits per heavy atom. The molecule has 9 nitrogen and oxygen atoms in total. The molecular formula is C30H37FN2O7. The number of fused-ring (bicyclic) bond motifs is 1. The fourth-order valence-electron chi connectivity index (χ4n) is 4.22. The third kappa shape index (κ3) is 7.59. The van der Waals surface area contributed by atoms with Crippen molar-refractivity contribution < 1.29 is 33.3 Å². The molecule has 1 amide bonds. The molecule has 0 aliphatic rings. The van der Waals surface area contributed by atoms with Gasteiger partial charge in [-0.25, -0.2) is 9.18 Å². The van der Waals surface area contributed by atoms with Crippen LogP contribution in [-0.2, 0) is 16.1 Å². The number of Topliss-reactive ketones (excluding diaryl/α,β-unsaturated/α-hetero) is 1. The van der Waals surface area contributed by atoms with Crippen molar-refractivity contribution in [3.63, 3.8) is 0 Å². The SMILES string of the molecule is CCCOc1ccc(F)c2c(=O)c(-c3ccc(OC)cc3)cn(CCCC(=O)[C@H](CO)NC(=O)OC(C)(C)C)c12. The molecule has 0 saturated heterocycles. The Morgan fingerprint density at radius 3 is 2.42 bits per heavy atom. The van der Waals surface area contributed by atoms with E-state index < -0.39 is 35.6 Å². The molecule has 0 radical (unpaired) electrons. The van der Waals surface area contributed by atoms with Gasteiger partial charge in [0.25, 0.3) is 0 Å². The van der Waals surface area contributed by atoms with Crippen LogP contribution in [0.2, 0.25) is 0 Å². The Labute approximate surface area is 232 Å². The van der Waals surface area contributed by atoms with Crippen LogP contribution >= 0.6 is 0 Å². The van der Waals surface area contributed by atoms with E-state index in [1.807, 2.05) is 6.92 Å². The van der Waals surface area contributed by atoms with E-state index in [-0.39, 0.29) is 36.1 Å². The first-order chi connectivity index (χ1) is 19.0. The van der Waals surface area contributed by atoms with Crippen LogP contribution < -0.4 is 20.2 Å². The van der Waals surface area contributed by atoms with Gasteiger partial charge in [-0.05, 0) is 63.4 Å². The van der Waals surface area contributed by atoms with Gasteiger partial charge in [-0.15, -0.1) is 0 Å². The van der Waals surface area contributed by atoms with E-state index in [0.717, 1.165) is 0 Å². The number of alkyl carbamates (subject to hydrolysis) is 1. The van der Waals surface area contributed by atoms with Crippen molar-refractivity contribution in [1.82, 2.24) is 9.88 Å². The maximum atomic E-state index is 15.2. The Hall–Kier alpha value is -3.92. The van der Waals surface area contributed by atoms with Gasteiger partial charge in [-0.1, -0.05) is 19.1 Å². The van der Waals surface area contributed by atoms with Gasteiger partial charge in [0.15, 0.2) is 11.2 Å². The summed E-state index contributed by atoms with van der Waals surface area (Å²) in [4.78, 5) is 38.4. The van der Waals surface area contributed by atoms with Crippen molar-refractivity contribution >= 4 is 22.8 Å². The minimum Gasteiger partial charge on any atom is -0.497 e. The Kier molecular flexibility index (Phi) is 10.3. The number of hydrogen-bond acceptors (Lipinski definition) is 7. The number of amides is 1. The highest BCUT2D eigenvalue weighted by molar-refractivity contribution is 5.89. The van der Waals surface area contributed by atoms with Gasteiger partial charge < -0.3 is 29.2 Å². The van der Waals surface area contributed by atoms with Crippen LogP contribution in [0.15, 0.2) is 47.4 Å². The average Bonchev–Trinajstić information content (AvgIpc) is 2.91. The number of pyridine rings is 1. The largest absolute Gasteiger partial charge is 0.497 e. The summed E-state index contributed by atoms with van der Waals surface area (Å²) in [7, 11) is 1.54. The minimum atomic E-state index is -1.13. The number of nitrogens with zero attached hydrogens (tertiary/aromatic N) is 1. The fourth-order valence-corrected chi connectivity index (χ4v) is 4.22. The predicted octanol–water partition coefficient (Wildman–Crippen LogP) is 4.84. The number of methoxy groups -OCH3 is 1. The zero-order chi connectivity index (χ0) is 29.4. The number of carbonyl (C=O) groups is 2. The number of nitrogens with one attached hydrogen (secondary N) is 1. The van der Waals surface area contributed by atoms with Gasteiger partial charge in [-0.2, -0.15) is 0 Å². The molecule has 0 bridgehead atoms. The number of aryl methyl sites for hydroxylation is 1. The molecule has 0 saturated carbocycles. The standard InChI is InChI=1S/C30H37FN2O7/c1-6-16-39-25-14-13-22(31)26-27(25)33(17-21(28(26)36)19-9-11-20(38-5)12-10-19)15-7-8-24(35)23(18-34)32-29(37)40-30(2,3)4/h9-14,17,23,34H,6-8,15-16,18H2,1-5H3,(H,32,37)/t23-/m0/s1. The van der Waals surface area contributed by atoms with Crippen LogP contribution in [0, 0.1) is 5.82 Å². The van der Waals surface area contributed by atoms with Crippen molar-refractivity contribution in [2.24, 2.45) is 0 Å². The Balaban J connectivity index is 1.94. The van der Waals surface area contributed by atoms with Crippen LogP contribution in [0.1, 0.15) is 47.0 Å². The van der Waals surface area contributed by atoms with Gasteiger partial charge in [0, 0.05) is 24.7 Å². The molecule has 0 fully saturated rings. The number of carbonyl (C=O) groups excluding carboxylic acids is 2. The highest BCUT2D eigenvalue weighted by Gasteiger charge is 2.24. The number of rotatable bonds is 12. The number of aliphatic hydroxyl groups excluding tert-OH is 1. The number of aliphatic hydroxyl groups is 1. The van der Waals surface area contributed by atoms with E-state index in [1.165, 1.54) is 19.2 Å². The van der Waals surface area contributed by atoms with E-state index in [4.69, 9.17) is 14.2 Å². The van der Waals surface area contributed by atoms with E-state index >= 15 is 4.39 Å². The first kappa shape index (κ1) is 30.6. The average molecular weight is 557 g/mol. The van der Waals surface area contributed by atoms with Crippen molar-refractivity contribution in [3.05, 3.63) is 58.6 Å². The Bertz CT molecular complexity index is 1390. The molecule has 10 heteroatoms. The lowest BCUT2D eigenvalue weighted by Crippen LogP contribution is -2.45. The molecule has 1 atom stereocenters. The van der Waals surface area contributed by atoms with E-state index in [2.05, 4.69) is 5.32 Å². The van der Waals surface area contributed by atoms with E-state index in [9.17, 15) is 19.5 Å². The van der Waals surface area contributed by atoms with E-state index in [1.54, 1.807) is 55.8 Å². The number of aromatic nitrogens is 1. The lowest BCUT2D eigenvalue weighted by molar-refractivity contribution is -0.122. The molecule has 40 heavy (non-hydrogen) atoms. The maximum absolute atomic E-state index is 15.2. The van der Waals surface area contributed by atoms with Crippen LogP contribution in [0.5, 0.6) is 11.5 Å². The summed E-state index contributed by atoms with van der Waals surface area (Å²) in [6, 6.07) is 8.45. The van der Waals surface area contributed by atoms with Gasteiger partial charge >= 0.3 is 6.09 Å². The fraction of sp³-hybridized carbons (Fsp3) is 0.433. The number of benzene rings is 2. The van der Waals surface area contributed by atoms with Crippen LogP contribution in [0.4, 0.5) is 9.18 Å². The molecule has 0 aliphatic heterocycles. The van der Waals surface area contributed by atoms with Gasteiger partial charge in [0.05, 0.1) is 31.2 Å². The van der Waals surface area contributed by atoms with Crippen molar-refractivity contribution in [3.8, 4) is 22.6 Å². The third-order valence-corrected chi connectivity index (χ3v) is 6.08. The molecule has 2 aromatic carbocycles. The quantitative estimate of drug-likeness (QED) is 0.328. The van der Waals surface area contributed by atoms with Crippen LogP contribution in [-0.4, -0.2) is 53.5 Å². The highest BCUT2D eigenvalue weighted by Crippen LogP contribution is 2.30. The van der Waals surface area contributed by atoms with Crippen molar-refractivity contribution in [2.75, 3.05) is 20.3 Å². The molecule has 216 valence electrons. The summed E-state index contributed by atoms with van der Waals surface area (Å²) in [5, 5.41) is 12.0. The normalized spacial score (nSPS) is 12.2. The second-order valence-electron chi connectivity index (χ2n) is 10.4. The van der Waals surface area contributed by atoms with Crippen molar-refractivity contribution in [2.45, 2.75) is 65.1 Å². The van der Waals surface area contributed by atoms with Gasteiger partial charge in [0.1, 0.15) is 29.0 Å². The van der Waals surface area contributed by atoms with Gasteiger partial charge in [-0.3, -0.25) is 9.59 Å². The molecule has 1 aromatic heterocycles. The summed E-state index contributed by atoms with van der Waals surface area (Å²) >= 11 is 0. The highest BCUT2D eigenvalue weighted by atomic mass is 19.1. The molecule has 0 aliphatic carbocycles. The first-order valence-corrected chi connectivity index (χ1v) is 13.2. The number of ether oxygens (including phenoxy) is 3. The topological polar surface area (TPSA) is 116 Å². The monoisotopic (exact) mass is 556 g/mol. The van der Waals surface area contributed by atoms with Crippen molar-refractivity contribution in [1.29, 1.82) is 0 Å². The molecule has 0 unspecified atom stereocenters. The van der Waals surface area contributed by atoms with Gasteiger partial charge in [0.2, 0.25) is 0 Å². The number of hydrogen-bond donors (Lipinski definition) is 2. The molecule has 1 heterocycles. The zero-order valence-electron chi connectivity index (χ0n) is 23.6. The molecule has 3 rings (SSSR count). The molecule has 0 spiro atoms. The van der Waals surface area contributed by atoms with E-state index in [0.29, 0.717) is 35.6 Å². The van der Waals surface area contributed by atoms with Crippen LogP contribution in [0.25, 0.3) is 22.0 Å². The smallest absolute Gasteiger partial charge is 0.408 e. The third-order valence-electron chi connectivity index (χ3n) is 6.08. The lowest BCUT2D eigenvalue weighted by atomic mass is 10.0. The summed E-state index contributed by atoms with van der Waals surface area (Å²) < 4.78 is 33.1. The summed E-state index contributed by atoms with van der Waals surface area (Å²) in [6.45, 7) is 7.05. The maximum Gasteiger partial charge on any atom is 0.408 e. The predicted molar refractivity (Wildman–Crippen MR) is 150 cm³/mol. The summed E-state index contributed by atoms with van der Waals surface area (Å²) in [5.74, 6) is -0.0836. The summed E-state index contributed by atoms with van der Waals surface area (Å²) in [5.41, 5.74) is -0.0679. The molecule has 3 aromatic rings. The number of halogens is 1. The second-order valence-corrected chi connectivity index (χ2v) is 10.4. The lowest BCUT2D eigenvalue weighted by Gasteiger charge is -2.22. The molecular weight excluding hydrogens is 519 g/mol. The second kappa shape index (κ2) is 13.4. The number of ketones is 1. The first-order valence-electron chi connectivity index (χ1n) is 13.2. The minimum absolute atomic E-state index is 0.00692.